The van der Waals surface area contributed by atoms with Crippen LogP contribution in [0.4, 0.5) is 5.95 Å². The van der Waals surface area contributed by atoms with Gasteiger partial charge in [0.15, 0.2) is 0 Å². The zero-order valence-electron chi connectivity index (χ0n) is 10.6. The molecule has 1 aromatic rings. The van der Waals surface area contributed by atoms with Crippen LogP contribution in [0.1, 0.15) is 31.4 Å². The topological polar surface area (TPSA) is 58.1 Å². The molecule has 5 heteroatoms. The van der Waals surface area contributed by atoms with E-state index in [1.165, 1.54) is 12.8 Å². The molecule has 0 radical (unpaired) electrons. The Morgan fingerprint density at radius 1 is 1.39 bits per heavy atom. The summed E-state index contributed by atoms with van der Waals surface area (Å²) in [7, 11) is 0. The summed E-state index contributed by atoms with van der Waals surface area (Å²) in [5.41, 5.74) is 0.943. The van der Waals surface area contributed by atoms with E-state index in [0.717, 1.165) is 18.5 Å². The van der Waals surface area contributed by atoms with Crippen molar-refractivity contribution in [3.8, 4) is 0 Å². The fourth-order valence-corrected chi connectivity index (χ4v) is 2.97. The maximum absolute atomic E-state index is 11.8. The van der Waals surface area contributed by atoms with Crippen molar-refractivity contribution in [2.45, 2.75) is 44.7 Å². The monoisotopic (exact) mass is 246 g/mol. The van der Waals surface area contributed by atoms with Crippen LogP contribution in [0.15, 0.2) is 12.3 Å². The van der Waals surface area contributed by atoms with E-state index >= 15 is 0 Å². The van der Waals surface area contributed by atoms with E-state index < -0.39 is 0 Å². The first-order valence-corrected chi connectivity index (χ1v) is 6.60. The smallest absolute Gasteiger partial charge is 0.239 e. The van der Waals surface area contributed by atoms with E-state index in [-0.39, 0.29) is 11.9 Å². The average Bonchev–Trinajstić information content (AvgIpc) is 2.37. The van der Waals surface area contributed by atoms with Gasteiger partial charge in [-0.2, -0.15) is 0 Å². The van der Waals surface area contributed by atoms with Crippen LogP contribution in [0.5, 0.6) is 0 Å². The first kappa shape index (κ1) is 11.4. The van der Waals surface area contributed by atoms with Gasteiger partial charge in [-0.05, 0) is 25.8 Å². The van der Waals surface area contributed by atoms with Gasteiger partial charge in [0.05, 0.1) is 6.04 Å². The third kappa shape index (κ3) is 2.05. The maximum Gasteiger partial charge on any atom is 0.239 e. The summed E-state index contributed by atoms with van der Waals surface area (Å²) in [6.45, 7) is 2.33. The van der Waals surface area contributed by atoms with Crippen LogP contribution in [0.3, 0.4) is 0 Å². The molecule has 1 aromatic heterocycles. The molecule has 0 aromatic carbocycles. The number of nitrogens with one attached hydrogen (secondary N) is 1. The molecule has 1 N–H and O–H groups in total. The molecule has 96 valence electrons. The van der Waals surface area contributed by atoms with E-state index in [1.54, 1.807) is 6.20 Å². The lowest BCUT2D eigenvalue weighted by Gasteiger charge is -2.43. The molecule has 2 atom stereocenters. The van der Waals surface area contributed by atoms with Crippen LogP contribution in [0.25, 0.3) is 0 Å². The molecule has 1 saturated heterocycles. The summed E-state index contributed by atoms with van der Waals surface area (Å²) in [6, 6.07) is 2.51. The Hall–Kier alpha value is -1.65. The number of aryl methyl sites for hydroxylation is 1. The Morgan fingerprint density at radius 2 is 2.22 bits per heavy atom. The minimum absolute atomic E-state index is 0.0863. The second-order valence-corrected chi connectivity index (χ2v) is 5.15. The van der Waals surface area contributed by atoms with Gasteiger partial charge in [0.25, 0.3) is 0 Å². The summed E-state index contributed by atoms with van der Waals surface area (Å²) in [4.78, 5) is 22.6. The minimum atomic E-state index is 0.0863. The van der Waals surface area contributed by atoms with E-state index in [4.69, 9.17) is 0 Å². The number of hydrogen-bond donors (Lipinski definition) is 1. The van der Waals surface area contributed by atoms with Gasteiger partial charge >= 0.3 is 0 Å². The van der Waals surface area contributed by atoms with Gasteiger partial charge in [-0.3, -0.25) is 4.79 Å². The lowest BCUT2D eigenvalue weighted by Crippen LogP contribution is -2.62. The predicted octanol–water partition coefficient (Wildman–Crippen LogP) is 1.03. The molecule has 18 heavy (non-hydrogen) atoms. The normalized spacial score (nSPS) is 27.6. The van der Waals surface area contributed by atoms with Crippen molar-refractivity contribution in [2.75, 3.05) is 11.4 Å². The molecule has 5 nitrogen and oxygen atoms in total. The van der Waals surface area contributed by atoms with Gasteiger partial charge in [-0.15, -0.1) is 0 Å². The quantitative estimate of drug-likeness (QED) is 0.804. The Morgan fingerprint density at radius 3 is 3.06 bits per heavy atom. The second-order valence-electron chi connectivity index (χ2n) is 5.15. The maximum atomic E-state index is 11.8. The van der Waals surface area contributed by atoms with Gasteiger partial charge in [0.1, 0.15) is 6.54 Å². The number of piperazine rings is 1. The number of amides is 1. The standard InChI is InChI=1S/C13H18N4O/c1-9-6-7-14-13(15-9)17-8-12(18)16-10-4-2-3-5-11(10)17/h6-7,10-11H,2-5,8H2,1H3,(H,16,18)/t10-,11-/m0/s1. The lowest BCUT2D eigenvalue weighted by molar-refractivity contribution is -0.122. The number of rotatable bonds is 1. The molecule has 2 aliphatic rings. The summed E-state index contributed by atoms with van der Waals surface area (Å²) in [6.07, 6.45) is 6.37. The highest BCUT2D eigenvalue weighted by molar-refractivity contribution is 5.82. The number of fused-ring (bicyclic) bond motifs is 1. The fraction of sp³-hybridized carbons (Fsp3) is 0.615. The summed E-state index contributed by atoms with van der Waals surface area (Å²) in [5, 5.41) is 3.10. The first-order chi connectivity index (χ1) is 8.74. The number of carbonyl (C=O) groups is 1. The molecule has 0 spiro atoms. The van der Waals surface area contributed by atoms with E-state index in [9.17, 15) is 4.79 Å². The highest BCUT2D eigenvalue weighted by Gasteiger charge is 2.37. The Balaban J connectivity index is 1.90. The molecule has 0 unspecified atom stereocenters. The molecule has 2 heterocycles. The van der Waals surface area contributed by atoms with Crippen molar-refractivity contribution in [3.05, 3.63) is 18.0 Å². The highest BCUT2D eigenvalue weighted by Crippen LogP contribution is 2.28. The van der Waals surface area contributed by atoms with Crippen LogP contribution >= 0.6 is 0 Å². The third-order valence-corrected chi connectivity index (χ3v) is 3.83. The van der Waals surface area contributed by atoms with Gasteiger partial charge in [0.2, 0.25) is 11.9 Å². The van der Waals surface area contributed by atoms with Crippen molar-refractivity contribution >= 4 is 11.9 Å². The van der Waals surface area contributed by atoms with E-state index in [0.29, 0.717) is 18.5 Å². The van der Waals surface area contributed by atoms with Gasteiger partial charge < -0.3 is 10.2 Å². The minimum Gasteiger partial charge on any atom is -0.350 e. The van der Waals surface area contributed by atoms with Crippen molar-refractivity contribution in [1.29, 1.82) is 0 Å². The SMILES string of the molecule is Cc1ccnc(N2CC(=O)N[C@H]3CCCC[C@@H]32)n1. The molecular weight excluding hydrogens is 228 g/mol. The number of carbonyl (C=O) groups excluding carboxylic acids is 1. The van der Waals surface area contributed by atoms with Crippen molar-refractivity contribution in [1.82, 2.24) is 15.3 Å². The number of hydrogen-bond acceptors (Lipinski definition) is 4. The average molecular weight is 246 g/mol. The van der Waals surface area contributed by atoms with Crippen molar-refractivity contribution in [2.24, 2.45) is 0 Å². The lowest BCUT2D eigenvalue weighted by atomic mass is 9.87. The van der Waals surface area contributed by atoms with E-state index in [2.05, 4.69) is 20.2 Å². The van der Waals surface area contributed by atoms with Gasteiger partial charge in [0, 0.05) is 17.9 Å². The fourth-order valence-electron chi connectivity index (χ4n) is 2.97. The van der Waals surface area contributed by atoms with Crippen LogP contribution in [0.2, 0.25) is 0 Å². The number of anilines is 1. The summed E-state index contributed by atoms with van der Waals surface area (Å²) >= 11 is 0. The van der Waals surface area contributed by atoms with Crippen molar-refractivity contribution < 1.29 is 4.79 Å². The molecule has 1 saturated carbocycles. The van der Waals surface area contributed by atoms with Gasteiger partial charge in [-0.1, -0.05) is 12.8 Å². The molecule has 1 amide bonds. The number of nitrogens with zero attached hydrogens (tertiary/aromatic N) is 3. The van der Waals surface area contributed by atoms with Crippen LogP contribution in [0, 0.1) is 6.92 Å². The second kappa shape index (κ2) is 4.55. The Kier molecular flexibility index (Phi) is 2.89. The van der Waals surface area contributed by atoms with E-state index in [1.807, 2.05) is 13.0 Å². The Bertz CT molecular complexity index is 462. The van der Waals surface area contributed by atoms with Crippen LogP contribution in [-0.2, 0) is 4.79 Å². The first-order valence-electron chi connectivity index (χ1n) is 6.60. The molecular formula is C13H18N4O. The highest BCUT2D eigenvalue weighted by atomic mass is 16.2. The zero-order chi connectivity index (χ0) is 12.5. The largest absolute Gasteiger partial charge is 0.350 e. The third-order valence-electron chi connectivity index (χ3n) is 3.83. The zero-order valence-corrected chi connectivity index (χ0v) is 10.6. The molecule has 0 bridgehead atoms. The van der Waals surface area contributed by atoms with Crippen molar-refractivity contribution in [3.63, 3.8) is 0 Å². The predicted molar refractivity (Wildman–Crippen MR) is 68.3 cm³/mol. The van der Waals surface area contributed by atoms with Crippen LogP contribution in [-0.4, -0.2) is 34.5 Å². The molecule has 3 rings (SSSR count). The molecule has 1 aliphatic heterocycles. The van der Waals surface area contributed by atoms with Crippen LogP contribution < -0.4 is 10.2 Å². The van der Waals surface area contributed by atoms with Gasteiger partial charge in [-0.25, -0.2) is 9.97 Å². The molecule has 2 fully saturated rings. The Labute approximate surface area is 107 Å². The summed E-state index contributed by atoms with van der Waals surface area (Å²) in [5.74, 6) is 0.782. The molecule has 1 aliphatic carbocycles. The summed E-state index contributed by atoms with van der Waals surface area (Å²) < 4.78 is 0. The number of aromatic nitrogens is 2.